The van der Waals surface area contributed by atoms with Crippen LogP contribution in [0.25, 0.3) is 20.3 Å². The van der Waals surface area contributed by atoms with Crippen LogP contribution in [0.4, 0.5) is 5.69 Å². The molecule has 1 amide bonds. The van der Waals surface area contributed by atoms with Gasteiger partial charge < -0.3 is 4.90 Å². The highest BCUT2D eigenvalue weighted by molar-refractivity contribution is 7.99. The SMILES string of the molecule is C=CCN(C(=O)CSc1nc2c(sc3ccccc32)c(=O)n1Cc1ccccc1Cl)c1ccccc1. The van der Waals surface area contributed by atoms with E-state index in [0.29, 0.717) is 26.9 Å². The Morgan fingerprint density at radius 2 is 1.78 bits per heavy atom. The molecule has 0 atom stereocenters. The molecule has 0 fully saturated rings. The van der Waals surface area contributed by atoms with Crippen LogP contribution >= 0.6 is 34.7 Å². The Kier molecular flexibility index (Phi) is 7.23. The second kappa shape index (κ2) is 10.7. The molecule has 36 heavy (non-hydrogen) atoms. The fraction of sp³-hybridized carbons (Fsp3) is 0.107. The number of thiophene rings is 1. The smallest absolute Gasteiger partial charge is 0.272 e. The van der Waals surface area contributed by atoms with Gasteiger partial charge in [-0.3, -0.25) is 14.2 Å². The number of rotatable bonds is 8. The summed E-state index contributed by atoms with van der Waals surface area (Å²) >= 11 is 9.12. The van der Waals surface area contributed by atoms with Crippen molar-refractivity contribution in [2.45, 2.75) is 11.7 Å². The minimum absolute atomic E-state index is 0.0973. The van der Waals surface area contributed by atoms with Gasteiger partial charge in [0.1, 0.15) is 4.70 Å². The summed E-state index contributed by atoms with van der Waals surface area (Å²) in [5, 5.41) is 2.00. The predicted molar refractivity (Wildman–Crippen MR) is 152 cm³/mol. The number of halogens is 1. The fourth-order valence-corrected chi connectivity index (χ4v) is 6.15. The van der Waals surface area contributed by atoms with Gasteiger partial charge in [-0.15, -0.1) is 17.9 Å². The first-order chi connectivity index (χ1) is 17.6. The van der Waals surface area contributed by atoms with Crippen LogP contribution in [-0.2, 0) is 11.3 Å². The van der Waals surface area contributed by atoms with Gasteiger partial charge in [-0.2, -0.15) is 0 Å². The van der Waals surface area contributed by atoms with E-state index >= 15 is 0 Å². The van der Waals surface area contributed by atoms with Crippen LogP contribution in [0.2, 0.25) is 5.02 Å². The lowest BCUT2D eigenvalue weighted by Gasteiger charge is -2.21. The van der Waals surface area contributed by atoms with Gasteiger partial charge in [0.05, 0.1) is 17.8 Å². The third-order valence-corrected chi connectivity index (χ3v) is 8.22. The lowest BCUT2D eigenvalue weighted by atomic mass is 10.2. The van der Waals surface area contributed by atoms with Crippen molar-refractivity contribution in [3.05, 3.63) is 112 Å². The molecule has 5 aromatic rings. The summed E-state index contributed by atoms with van der Waals surface area (Å²) in [6, 6.07) is 24.8. The Labute approximate surface area is 221 Å². The predicted octanol–water partition coefficient (Wildman–Crippen LogP) is 6.62. The molecular formula is C28H22ClN3O2S2. The third kappa shape index (κ3) is 4.82. The van der Waals surface area contributed by atoms with Gasteiger partial charge in [0.2, 0.25) is 5.91 Å². The quantitative estimate of drug-likeness (QED) is 0.128. The molecule has 0 spiro atoms. The Hall–Kier alpha value is -3.39. The van der Waals surface area contributed by atoms with Crippen LogP contribution in [0.3, 0.4) is 0 Å². The number of carbonyl (C=O) groups is 1. The monoisotopic (exact) mass is 531 g/mol. The highest BCUT2D eigenvalue weighted by atomic mass is 35.5. The van der Waals surface area contributed by atoms with Crippen molar-refractivity contribution < 1.29 is 4.79 Å². The number of amides is 1. The number of para-hydroxylation sites is 1. The number of hydrogen-bond donors (Lipinski definition) is 0. The van der Waals surface area contributed by atoms with Gasteiger partial charge in [0.15, 0.2) is 5.16 Å². The molecule has 5 nitrogen and oxygen atoms in total. The second-order valence-corrected chi connectivity index (χ2v) is 10.5. The summed E-state index contributed by atoms with van der Waals surface area (Å²) in [6.07, 6.45) is 1.70. The van der Waals surface area contributed by atoms with Gasteiger partial charge in [0.25, 0.3) is 5.56 Å². The topological polar surface area (TPSA) is 55.2 Å². The van der Waals surface area contributed by atoms with Crippen molar-refractivity contribution in [2.24, 2.45) is 0 Å². The van der Waals surface area contributed by atoms with Crippen molar-refractivity contribution in [1.29, 1.82) is 0 Å². The van der Waals surface area contributed by atoms with E-state index in [1.165, 1.54) is 23.1 Å². The summed E-state index contributed by atoms with van der Waals surface area (Å²) in [7, 11) is 0. The van der Waals surface area contributed by atoms with E-state index in [1.807, 2.05) is 72.8 Å². The van der Waals surface area contributed by atoms with E-state index in [2.05, 4.69) is 6.58 Å². The van der Waals surface area contributed by atoms with E-state index in [-0.39, 0.29) is 23.8 Å². The zero-order valence-corrected chi connectivity index (χ0v) is 21.7. The van der Waals surface area contributed by atoms with Gasteiger partial charge in [-0.05, 0) is 29.8 Å². The van der Waals surface area contributed by atoms with E-state index < -0.39 is 0 Å². The lowest BCUT2D eigenvalue weighted by molar-refractivity contribution is -0.116. The summed E-state index contributed by atoms with van der Waals surface area (Å²) in [5.74, 6) is 0.0190. The van der Waals surface area contributed by atoms with Gasteiger partial charge in [0, 0.05) is 27.3 Å². The van der Waals surface area contributed by atoms with Gasteiger partial charge in [-0.1, -0.05) is 84.0 Å². The zero-order valence-electron chi connectivity index (χ0n) is 19.3. The van der Waals surface area contributed by atoms with Crippen molar-refractivity contribution in [1.82, 2.24) is 9.55 Å². The summed E-state index contributed by atoms with van der Waals surface area (Å²) < 4.78 is 3.22. The molecule has 0 N–H and O–H groups in total. The molecule has 2 aromatic heterocycles. The molecule has 2 heterocycles. The second-order valence-electron chi connectivity index (χ2n) is 8.07. The minimum Gasteiger partial charge on any atom is -0.308 e. The normalized spacial score (nSPS) is 11.1. The number of benzene rings is 3. The first-order valence-electron chi connectivity index (χ1n) is 11.3. The molecule has 5 rings (SSSR count). The van der Waals surface area contributed by atoms with E-state index in [4.69, 9.17) is 16.6 Å². The molecule has 8 heteroatoms. The maximum Gasteiger partial charge on any atom is 0.272 e. The molecule has 0 bridgehead atoms. The van der Waals surface area contributed by atoms with E-state index in [1.54, 1.807) is 21.6 Å². The molecule has 0 aliphatic heterocycles. The number of thioether (sulfide) groups is 1. The average molecular weight is 532 g/mol. The van der Waals surface area contributed by atoms with Gasteiger partial charge in [-0.25, -0.2) is 4.98 Å². The molecule has 180 valence electrons. The first kappa shape index (κ1) is 24.3. The Morgan fingerprint density at radius 1 is 1.06 bits per heavy atom. The molecule has 0 radical (unpaired) electrons. The van der Waals surface area contributed by atoms with E-state index in [9.17, 15) is 9.59 Å². The Bertz CT molecular complexity index is 1630. The molecule has 0 aliphatic carbocycles. The van der Waals surface area contributed by atoms with Crippen molar-refractivity contribution in [3.63, 3.8) is 0 Å². The number of nitrogens with zero attached hydrogens (tertiary/aromatic N) is 3. The van der Waals surface area contributed by atoms with Crippen LogP contribution < -0.4 is 10.5 Å². The largest absolute Gasteiger partial charge is 0.308 e. The van der Waals surface area contributed by atoms with Crippen LogP contribution in [0.1, 0.15) is 5.56 Å². The standard InChI is InChI=1S/C28H22ClN3O2S2/c1-2-16-31(20-11-4-3-5-12-20)24(33)18-35-28-30-25-21-13-7-9-15-23(21)36-26(25)27(34)32(28)17-19-10-6-8-14-22(19)29/h2-15H,1,16-18H2. The van der Waals surface area contributed by atoms with Crippen molar-refractivity contribution in [2.75, 3.05) is 17.2 Å². The average Bonchev–Trinajstić information content (AvgIpc) is 3.28. The maximum absolute atomic E-state index is 13.7. The molecular weight excluding hydrogens is 510 g/mol. The third-order valence-electron chi connectivity index (χ3n) is 5.74. The Morgan fingerprint density at radius 3 is 2.56 bits per heavy atom. The van der Waals surface area contributed by atoms with E-state index in [0.717, 1.165) is 21.3 Å². The number of carbonyl (C=O) groups excluding carboxylic acids is 1. The zero-order chi connectivity index (χ0) is 25.1. The van der Waals surface area contributed by atoms with Crippen LogP contribution in [0.15, 0.2) is 101 Å². The van der Waals surface area contributed by atoms with Crippen LogP contribution in [-0.4, -0.2) is 27.8 Å². The van der Waals surface area contributed by atoms with Crippen molar-refractivity contribution in [3.8, 4) is 0 Å². The maximum atomic E-state index is 13.7. The molecule has 0 saturated carbocycles. The molecule has 0 unspecified atom stereocenters. The number of hydrogen-bond acceptors (Lipinski definition) is 5. The highest BCUT2D eigenvalue weighted by Gasteiger charge is 2.20. The molecule has 0 aliphatic rings. The first-order valence-corrected chi connectivity index (χ1v) is 13.5. The number of fused-ring (bicyclic) bond motifs is 3. The lowest BCUT2D eigenvalue weighted by Crippen LogP contribution is -2.33. The molecule has 3 aromatic carbocycles. The summed E-state index contributed by atoms with van der Waals surface area (Å²) in [5.41, 5.74) is 2.14. The van der Waals surface area contributed by atoms with Crippen molar-refractivity contribution >= 4 is 66.6 Å². The number of aromatic nitrogens is 2. The highest BCUT2D eigenvalue weighted by Crippen LogP contribution is 2.32. The molecule has 0 saturated heterocycles. The Balaban J connectivity index is 1.55. The van der Waals surface area contributed by atoms with Crippen LogP contribution in [0, 0.1) is 0 Å². The summed E-state index contributed by atoms with van der Waals surface area (Å²) in [6.45, 7) is 4.45. The van der Waals surface area contributed by atoms with Gasteiger partial charge >= 0.3 is 0 Å². The van der Waals surface area contributed by atoms with Crippen LogP contribution in [0.5, 0.6) is 0 Å². The number of anilines is 1. The fourth-order valence-electron chi connectivity index (χ4n) is 3.99. The minimum atomic E-state index is -0.137. The summed E-state index contributed by atoms with van der Waals surface area (Å²) in [4.78, 5) is 33.5.